The summed E-state index contributed by atoms with van der Waals surface area (Å²) in [5.41, 5.74) is 1.86. The molecule has 3 rings (SSSR count). The number of hydrogen-bond donors (Lipinski definition) is 0. The molecule has 26 heavy (non-hydrogen) atoms. The predicted octanol–water partition coefficient (Wildman–Crippen LogP) is 3.95. The first-order chi connectivity index (χ1) is 12.5. The molecule has 1 atom stereocenters. The highest BCUT2D eigenvalue weighted by Gasteiger charge is 2.34. The normalized spacial score (nSPS) is 16.5. The SMILES string of the molecule is CCC(=O)N(C)CC(=O)N1N=C(c2cccs2)CC1c1ccc(Cl)cc1. The van der Waals surface area contributed by atoms with E-state index in [4.69, 9.17) is 11.6 Å². The van der Waals surface area contributed by atoms with Gasteiger partial charge in [0.05, 0.1) is 16.6 Å². The summed E-state index contributed by atoms with van der Waals surface area (Å²) >= 11 is 7.60. The van der Waals surface area contributed by atoms with Gasteiger partial charge in [-0.3, -0.25) is 9.59 Å². The van der Waals surface area contributed by atoms with Crippen molar-refractivity contribution in [3.63, 3.8) is 0 Å². The minimum Gasteiger partial charge on any atom is -0.336 e. The number of nitrogens with zero attached hydrogens (tertiary/aromatic N) is 3. The molecular weight excluding hydrogens is 370 g/mol. The summed E-state index contributed by atoms with van der Waals surface area (Å²) in [6.07, 6.45) is 1.01. The molecule has 1 aliphatic heterocycles. The van der Waals surface area contributed by atoms with E-state index in [9.17, 15) is 9.59 Å². The highest BCUT2D eigenvalue weighted by atomic mass is 35.5. The number of hydrazone groups is 1. The molecule has 0 saturated heterocycles. The predicted molar refractivity (Wildman–Crippen MR) is 104 cm³/mol. The average molecular weight is 390 g/mol. The molecule has 1 unspecified atom stereocenters. The third-order valence-electron chi connectivity index (χ3n) is 4.33. The third kappa shape index (κ3) is 3.97. The molecule has 0 spiro atoms. The minimum absolute atomic E-state index is 0.0119. The van der Waals surface area contributed by atoms with E-state index >= 15 is 0 Å². The molecule has 2 heterocycles. The van der Waals surface area contributed by atoms with Crippen LogP contribution in [-0.2, 0) is 9.59 Å². The topological polar surface area (TPSA) is 53.0 Å². The maximum atomic E-state index is 12.8. The first kappa shape index (κ1) is 18.6. The molecule has 0 saturated carbocycles. The molecule has 0 aliphatic carbocycles. The summed E-state index contributed by atoms with van der Waals surface area (Å²) in [4.78, 5) is 27.2. The van der Waals surface area contributed by atoms with Gasteiger partial charge in [-0.15, -0.1) is 11.3 Å². The summed E-state index contributed by atoms with van der Waals surface area (Å²) in [5.74, 6) is -0.260. The van der Waals surface area contributed by atoms with Gasteiger partial charge in [-0.25, -0.2) is 5.01 Å². The second-order valence-corrected chi connectivity index (χ2v) is 7.52. The van der Waals surface area contributed by atoms with Crippen LogP contribution < -0.4 is 0 Å². The average Bonchev–Trinajstić information content (AvgIpc) is 3.31. The molecule has 2 aromatic rings. The van der Waals surface area contributed by atoms with E-state index in [-0.39, 0.29) is 24.4 Å². The molecule has 1 aromatic heterocycles. The van der Waals surface area contributed by atoms with Crippen molar-refractivity contribution in [1.29, 1.82) is 0 Å². The second-order valence-electron chi connectivity index (χ2n) is 6.14. The fourth-order valence-corrected chi connectivity index (χ4v) is 3.76. The molecule has 1 aliphatic rings. The lowest BCUT2D eigenvalue weighted by Crippen LogP contribution is -2.38. The molecule has 1 aromatic carbocycles. The molecule has 0 bridgehead atoms. The van der Waals surface area contributed by atoms with Gasteiger partial charge in [-0.05, 0) is 29.1 Å². The van der Waals surface area contributed by atoms with Crippen LogP contribution in [0.15, 0.2) is 46.9 Å². The molecule has 5 nitrogen and oxygen atoms in total. The van der Waals surface area contributed by atoms with Crippen LogP contribution in [0.1, 0.15) is 36.2 Å². The number of amides is 2. The van der Waals surface area contributed by atoms with Gasteiger partial charge in [0.15, 0.2) is 0 Å². The Bertz CT molecular complexity index is 818. The van der Waals surface area contributed by atoms with Gasteiger partial charge < -0.3 is 4.90 Å². The third-order valence-corrected chi connectivity index (χ3v) is 5.50. The van der Waals surface area contributed by atoms with Crippen molar-refractivity contribution in [1.82, 2.24) is 9.91 Å². The van der Waals surface area contributed by atoms with Crippen LogP contribution >= 0.6 is 22.9 Å². The van der Waals surface area contributed by atoms with Crippen molar-refractivity contribution < 1.29 is 9.59 Å². The lowest BCUT2D eigenvalue weighted by Gasteiger charge is -2.24. The summed E-state index contributed by atoms with van der Waals surface area (Å²) in [6.45, 7) is 1.79. The number of hydrogen-bond acceptors (Lipinski definition) is 4. The standard InChI is InChI=1S/C19H20ClN3O2S/c1-3-18(24)22(2)12-19(25)23-16(13-6-8-14(20)9-7-13)11-15(21-23)17-5-4-10-26-17/h4-10,16H,3,11-12H2,1-2H3. The molecule has 0 N–H and O–H groups in total. The molecule has 7 heteroatoms. The number of carbonyl (C=O) groups excluding carboxylic acids is 2. The van der Waals surface area contributed by atoms with Crippen LogP contribution in [0.4, 0.5) is 0 Å². The van der Waals surface area contributed by atoms with Gasteiger partial charge in [0.1, 0.15) is 6.54 Å². The van der Waals surface area contributed by atoms with Crippen LogP contribution in [0.3, 0.4) is 0 Å². The zero-order chi connectivity index (χ0) is 18.7. The number of likely N-dealkylation sites (N-methyl/N-ethyl adjacent to an activating group) is 1. The monoisotopic (exact) mass is 389 g/mol. The van der Waals surface area contributed by atoms with E-state index in [2.05, 4.69) is 5.10 Å². The van der Waals surface area contributed by atoms with Gasteiger partial charge in [-0.1, -0.05) is 36.7 Å². The first-order valence-corrected chi connectivity index (χ1v) is 9.68. The maximum absolute atomic E-state index is 12.8. The fourth-order valence-electron chi connectivity index (χ4n) is 2.91. The Balaban J connectivity index is 1.86. The van der Waals surface area contributed by atoms with Gasteiger partial charge >= 0.3 is 0 Å². The molecule has 0 fully saturated rings. The van der Waals surface area contributed by atoms with Crippen LogP contribution in [0, 0.1) is 0 Å². The number of rotatable bonds is 5. The van der Waals surface area contributed by atoms with Crippen LogP contribution in [0.2, 0.25) is 5.02 Å². The highest BCUT2D eigenvalue weighted by Crippen LogP contribution is 2.34. The Morgan fingerprint density at radius 2 is 2.04 bits per heavy atom. The van der Waals surface area contributed by atoms with Gasteiger partial charge in [-0.2, -0.15) is 5.10 Å². The Morgan fingerprint density at radius 1 is 1.31 bits per heavy atom. The molecule has 2 amide bonds. The quantitative estimate of drug-likeness (QED) is 0.777. The second kappa shape index (κ2) is 8.01. The van der Waals surface area contributed by atoms with E-state index in [0.717, 1.165) is 16.2 Å². The lowest BCUT2D eigenvalue weighted by molar-refractivity contribution is -0.140. The van der Waals surface area contributed by atoms with E-state index in [0.29, 0.717) is 17.9 Å². The van der Waals surface area contributed by atoms with E-state index in [1.807, 2.05) is 41.8 Å². The first-order valence-electron chi connectivity index (χ1n) is 8.42. The summed E-state index contributed by atoms with van der Waals surface area (Å²) in [5, 5.41) is 8.74. The molecular formula is C19H20ClN3O2S. The fraction of sp³-hybridized carbons (Fsp3) is 0.316. The highest BCUT2D eigenvalue weighted by molar-refractivity contribution is 7.12. The van der Waals surface area contributed by atoms with Gasteiger partial charge in [0.25, 0.3) is 5.91 Å². The van der Waals surface area contributed by atoms with E-state index < -0.39 is 0 Å². The molecule has 0 radical (unpaired) electrons. The summed E-state index contributed by atoms with van der Waals surface area (Å²) in [7, 11) is 1.64. The zero-order valence-corrected chi connectivity index (χ0v) is 16.3. The van der Waals surface area contributed by atoms with Gasteiger partial charge in [0, 0.05) is 24.9 Å². The minimum atomic E-state index is -0.194. The van der Waals surface area contributed by atoms with Crippen molar-refractivity contribution in [2.45, 2.75) is 25.8 Å². The van der Waals surface area contributed by atoms with Gasteiger partial charge in [0.2, 0.25) is 5.91 Å². The Kier molecular flexibility index (Phi) is 5.74. The van der Waals surface area contributed by atoms with E-state index in [1.54, 1.807) is 25.3 Å². The van der Waals surface area contributed by atoms with Crippen molar-refractivity contribution in [2.75, 3.05) is 13.6 Å². The summed E-state index contributed by atoms with van der Waals surface area (Å²) in [6, 6.07) is 11.2. The largest absolute Gasteiger partial charge is 0.336 e. The maximum Gasteiger partial charge on any atom is 0.262 e. The number of halogens is 1. The van der Waals surface area contributed by atoms with Crippen LogP contribution in [-0.4, -0.2) is 41.0 Å². The Labute approximate surface area is 161 Å². The van der Waals surface area contributed by atoms with Crippen LogP contribution in [0.5, 0.6) is 0 Å². The zero-order valence-electron chi connectivity index (χ0n) is 14.7. The van der Waals surface area contributed by atoms with Crippen molar-refractivity contribution in [3.05, 3.63) is 57.2 Å². The van der Waals surface area contributed by atoms with Crippen molar-refractivity contribution >= 4 is 40.5 Å². The van der Waals surface area contributed by atoms with Crippen molar-refractivity contribution in [3.8, 4) is 0 Å². The Morgan fingerprint density at radius 3 is 2.65 bits per heavy atom. The van der Waals surface area contributed by atoms with Crippen LogP contribution in [0.25, 0.3) is 0 Å². The van der Waals surface area contributed by atoms with E-state index in [1.165, 1.54) is 9.91 Å². The Hall–Kier alpha value is -2.18. The number of thiophene rings is 1. The van der Waals surface area contributed by atoms with Crippen molar-refractivity contribution in [2.24, 2.45) is 5.10 Å². The molecule has 136 valence electrons. The smallest absolute Gasteiger partial charge is 0.262 e. The summed E-state index contributed by atoms with van der Waals surface area (Å²) < 4.78 is 0. The number of benzene rings is 1. The number of carbonyl (C=O) groups is 2. The lowest BCUT2D eigenvalue weighted by atomic mass is 10.0.